The van der Waals surface area contributed by atoms with Crippen LogP contribution in [0.25, 0.3) is 0 Å². The van der Waals surface area contributed by atoms with Crippen LogP contribution in [0.3, 0.4) is 0 Å². The van der Waals surface area contributed by atoms with Crippen molar-refractivity contribution in [2.45, 2.75) is 36.2 Å². The fraction of sp³-hybridized carbons (Fsp3) is 0.800. The molecule has 1 atom stereocenters. The fourth-order valence-electron chi connectivity index (χ4n) is 1.87. The van der Waals surface area contributed by atoms with Crippen LogP contribution in [-0.2, 0) is 9.47 Å². The molecular formula is C10H6F14O2. The summed E-state index contributed by atoms with van der Waals surface area (Å²) in [5, 5.41) is 0. The molecule has 0 heterocycles. The Morgan fingerprint density at radius 1 is 0.577 bits per heavy atom. The number of hydrogen-bond acceptors (Lipinski definition) is 2. The van der Waals surface area contributed by atoms with Crippen LogP contribution in [0.2, 0.25) is 0 Å². The standard InChI is InChI=1S/C10H6F14O2/c1-25-4(7(14,15)16)3(6(11,12)13)5(26-2,9(19,20)21)8(17,18)10(22,23)24/h1-2H3/b4-3+. The molecule has 156 valence electrons. The Morgan fingerprint density at radius 3 is 1.12 bits per heavy atom. The molecule has 0 saturated carbocycles. The van der Waals surface area contributed by atoms with Crippen LogP contribution in [0.5, 0.6) is 0 Å². The second kappa shape index (κ2) is 6.60. The van der Waals surface area contributed by atoms with Gasteiger partial charge in [-0.3, -0.25) is 0 Å². The maximum Gasteiger partial charge on any atom is 0.457 e. The van der Waals surface area contributed by atoms with Crippen LogP contribution in [0.4, 0.5) is 61.5 Å². The van der Waals surface area contributed by atoms with Crippen molar-refractivity contribution in [1.29, 1.82) is 0 Å². The Kier molecular flexibility index (Phi) is 6.22. The molecule has 1 unspecified atom stereocenters. The van der Waals surface area contributed by atoms with Crippen LogP contribution >= 0.6 is 0 Å². The third-order valence-corrected chi connectivity index (χ3v) is 2.83. The summed E-state index contributed by atoms with van der Waals surface area (Å²) >= 11 is 0. The zero-order valence-corrected chi connectivity index (χ0v) is 12.1. The molecular weight excluding hydrogens is 418 g/mol. The molecule has 0 aliphatic carbocycles. The van der Waals surface area contributed by atoms with Gasteiger partial charge in [0.1, 0.15) is 5.57 Å². The molecule has 0 N–H and O–H groups in total. The number of halogens is 14. The molecule has 0 saturated heterocycles. The van der Waals surface area contributed by atoms with Crippen LogP contribution in [0, 0.1) is 0 Å². The molecule has 0 aliphatic heterocycles. The first-order valence-electron chi connectivity index (χ1n) is 5.62. The second-order valence-electron chi connectivity index (χ2n) is 4.36. The fourth-order valence-corrected chi connectivity index (χ4v) is 1.87. The van der Waals surface area contributed by atoms with Gasteiger partial charge >= 0.3 is 30.6 Å². The summed E-state index contributed by atoms with van der Waals surface area (Å²) in [4.78, 5) is 0. The average molecular weight is 424 g/mol. The normalized spacial score (nSPS) is 18.3. The van der Waals surface area contributed by atoms with Gasteiger partial charge in [-0.05, 0) is 0 Å². The topological polar surface area (TPSA) is 18.5 Å². The van der Waals surface area contributed by atoms with Crippen LogP contribution in [0.15, 0.2) is 11.3 Å². The molecule has 0 fully saturated rings. The highest BCUT2D eigenvalue weighted by Gasteiger charge is 2.85. The van der Waals surface area contributed by atoms with Gasteiger partial charge in [0.2, 0.25) is 5.76 Å². The number of ether oxygens (including phenoxy) is 2. The third kappa shape index (κ3) is 3.78. The smallest absolute Gasteiger partial charge is 0.457 e. The van der Waals surface area contributed by atoms with Gasteiger partial charge in [-0.25, -0.2) is 0 Å². The molecule has 0 rings (SSSR count). The summed E-state index contributed by atoms with van der Waals surface area (Å²) in [6, 6.07) is 0. The molecule has 0 radical (unpaired) electrons. The van der Waals surface area contributed by atoms with E-state index >= 15 is 0 Å². The first-order valence-corrected chi connectivity index (χ1v) is 5.62. The minimum absolute atomic E-state index is 0.308. The van der Waals surface area contributed by atoms with E-state index in [0.29, 0.717) is 0 Å². The number of hydrogen-bond donors (Lipinski definition) is 0. The molecule has 0 spiro atoms. The summed E-state index contributed by atoms with van der Waals surface area (Å²) < 4.78 is 186. The first-order chi connectivity index (χ1) is 11.1. The van der Waals surface area contributed by atoms with E-state index < -0.39 is 54.7 Å². The monoisotopic (exact) mass is 424 g/mol. The summed E-state index contributed by atoms with van der Waals surface area (Å²) in [6.07, 6.45) is -28.3. The maximum absolute atomic E-state index is 13.5. The number of allylic oxidation sites excluding steroid dienone is 1. The second-order valence-corrected chi connectivity index (χ2v) is 4.36. The third-order valence-electron chi connectivity index (χ3n) is 2.83. The van der Waals surface area contributed by atoms with Gasteiger partial charge in [0.15, 0.2) is 0 Å². The largest absolute Gasteiger partial charge is 0.492 e. The molecule has 0 amide bonds. The van der Waals surface area contributed by atoms with E-state index in [1.807, 2.05) is 0 Å². The van der Waals surface area contributed by atoms with Crippen LogP contribution < -0.4 is 0 Å². The Balaban J connectivity index is 7.64. The minimum atomic E-state index is -7.49. The Hall–Kier alpha value is -1.48. The van der Waals surface area contributed by atoms with Gasteiger partial charge in [0.25, 0.3) is 5.60 Å². The lowest BCUT2D eigenvalue weighted by atomic mass is 9.83. The molecule has 0 aliphatic rings. The lowest BCUT2D eigenvalue weighted by Crippen LogP contribution is -2.69. The zero-order chi connectivity index (χ0) is 21.6. The highest BCUT2D eigenvalue weighted by Crippen LogP contribution is 2.60. The van der Waals surface area contributed by atoms with E-state index in [4.69, 9.17) is 0 Å². The highest BCUT2D eigenvalue weighted by atomic mass is 19.4. The van der Waals surface area contributed by atoms with E-state index in [2.05, 4.69) is 9.47 Å². The molecule has 0 bridgehead atoms. The van der Waals surface area contributed by atoms with Crippen molar-refractivity contribution in [3.63, 3.8) is 0 Å². The van der Waals surface area contributed by atoms with E-state index in [1.54, 1.807) is 0 Å². The first kappa shape index (κ1) is 24.5. The zero-order valence-electron chi connectivity index (χ0n) is 12.1. The molecule has 26 heavy (non-hydrogen) atoms. The SMILES string of the molecule is CO/C(=C(/C(F)(F)F)C(OC)(C(F)(F)F)C(F)(F)C(F)(F)F)C(F)(F)F. The predicted octanol–water partition coefficient (Wildman–Crippen LogP) is 5.16. The van der Waals surface area contributed by atoms with E-state index in [1.165, 1.54) is 0 Å². The van der Waals surface area contributed by atoms with Crippen molar-refractivity contribution in [1.82, 2.24) is 0 Å². The molecule has 16 heteroatoms. The van der Waals surface area contributed by atoms with Crippen LogP contribution in [-0.4, -0.2) is 50.4 Å². The average Bonchev–Trinajstić information content (AvgIpc) is 2.32. The quantitative estimate of drug-likeness (QED) is 0.459. The summed E-state index contributed by atoms with van der Waals surface area (Å²) in [6.45, 7) is 0. The maximum atomic E-state index is 13.5. The lowest BCUT2D eigenvalue weighted by Gasteiger charge is -2.43. The summed E-state index contributed by atoms with van der Waals surface area (Å²) in [7, 11) is -1.00. The van der Waals surface area contributed by atoms with Gasteiger partial charge in [-0.1, -0.05) is 0 Å². The number of methoxy groups -OCH3 is 2. The van der Waals surface area contributed by atoms with Crippen molar-refractivity contribution in [3.05, 3.63) is 11.3 Å². The Bertz CT molecular complexity index is 534. The van der Waals surface area contributed by atoms with Gasteiger partial charge in [-0.15, -0.1) is 0 Å². The Labute approximate surface area is 134 Å². The van der Waals surface area contributed by atoms with Gasteiger partial charge in [0.05, 0.1) is 7.11 Å². The van der Waals surface area contributed by atoms with Crippen molar-refractivity contribution < 1.29 is 70.9 Å². The number of alkyl halides is 14. The van der Waals surface area contributed by atoms with Crippen molar-refractivity contribution in [2.75, 3.05) is 14.2 Å². The van der Waals surface area contributed by atoms with Gasteiger partial charge in [0, 0.05) is 7.11 Å². The van der Waals surface area contributed by atoms with Crippen molar-refractivity contribution in [2.24, 2.45) is 0 Å². The van der Waals surface area contributed by atoms with Crippen molar-refractivity contribution in [3.8, 4) is 0 Å². The van der Waals surface area contributed by atoms with Crippen molar-refractivity contribution >= 4 is 0 Å². The van der Waals surface area contributed by atoms with Crippen LogP contribution in [0.1, 0.15) is 0 Å². The summed E-state index contributed by atoms with van der Waals surface area (Å²) in [5.74, 6) is -11.3. The molecule has 0 aromatic rings. The van der Waals surface area contributed by atoms with E-state index in [0.717, 1.165) is 0 Å². The lowest BCUT2D eigenvalue weighted by molar-refractivity contribution is -0.403. The predicted molar refractivity (Wildman–Crippen MR) is 52.9 cm³/mol. The number of rotatable bonds is 4. The highest BCUT2D eigenvalue weighted by molar-refractivity contribution is 5.35. The van der Waals surface area contributed by atoms with E-state index in [-0.39, 0.29) is 7.11 Å². The van der Waals surface area contributed by atoms with Gasteiger partial charge in [-0.2, -0.15) is 61.5 Å². The summed E-state index contributed by atoms with van der Waals surface area (Å²) in [5.41, 5.74) is -11.3. The van der Waals surface area contributed by atoms with Gasteiger partial charge < -0.3 is 9.47 Å². The van der Waals surface area contributed by atoms with E-state index in [9.17, 15) is 61.5 Å². The Morgan fingerprint density at radius 2 is 0.962 bits per heavy atom. The minimum Gasteiger partial charge on any atom is -0.492 e. The molecule has 2 nitrogen and oxygen atoms in total. The molecule has 0 aromatic heterocycles. The molecule has 0 aromatic carbocycles.